The number of aliphatic imine (C=N–C) groups is 1. The Morgan fingerprint density at radius 1 is 1.00 bits per heavy atom. The van der Waals surface area contributed by atoms with E-state index in [0.29, 0.717) is 12.0 Å². The zero-order valence-electron chi connectivity index (χ0n) is 19.0. The molecule has 1 rings (SSSR count). The van der Waals surface area contributed by atoms with Gasteiger partial charge in [0.05, 0.1) is 6.10 Å². The Morgan fingerprint density at radius 2 is 1.68 bits per heavy atom. The summed E-state index contributed by atoms with van der Waals surface area (Å²) < 4.78 is 5.82. The molecular formula is C21H46IN5O. The van der Waals surface area contributed by atoms with E-state index >= 15 is 0 Å². The van der Waals surface area contributed by atoms with E-state index in [1.807, 2.05) is 0 Å². The molecule has 1 heterocycles. The maximum absolute atomic E-state index is 5.82. The molecule has 7 heteroatoms. The van der Waals surface area contributed by atoms with Gasteiger partial charge in [-0.15, -0.1) is 24.0 Å². The zero-order chi connectivity index (χ0) is 19.9. The summed E-state index contributed by atoms with van der Waals surface area (Å²) >= 11 is 0. The van der Waals surface area contributed by atoms with Gasteiger partial charge < -0.3 is 25.2 Å². The SMILES string of the molecule is CCNC(=NCCCCN1CCN(CC)CC1)NCCC(OCC)C(C)C.I. The fourth-order valence-corrected chi connectivity index (χ4v) is 3.46. The molecule has 168 valence electrons. The van der Waals surface area contributed by atoms with E-state index in [9.17, 15) is 0 Å². The molecule has 1 aliphatic heterocycles. The molecule has 28 heavy (non-hydrogen) atoms. The second-order valence-corrected chi connectivity index (χ2v) is 7.70. The highest BCUT2D eigenvalue weighted by Crippen LogP contribution is 2.10. The summed E-state index contributed by atoms with van der Waals surface area (Å²) in [5, 5.41) is 6.81. The van der Waals surface area contributed by atoms with Crippen molar-refractivity contribution in [2.45, 2.75) is 60.0 Å². The molecule has 2 N–H and O–H groups in total. The van der Waals surface area contributed by atoms with Crippen LogP contribution >= 0.6 is 24.0 Å². The van der Waals surface area contributed by atoms with E-state index in [1.165, 1.54) is 45.7 Å². The molecule has 0 aromatic rings. The average molecular weight is 512 g/mol. The smallest absolute Gasteiger partial charge is 0.191 e. The number of rotatable bonds is 13. The van der Waals surface area contributed by atoms with Crippen LogP contribution in [0.15, 0.2) is 4.99 Å². The lowest BCUT2D eigenvalue weighted by molar-refractivity contribution is 0.0258. The van der Waals surface area contributed by atoms with Gasteiger partial charge in [-0.3, -0.25) is 4.99 Å². The predicted molar refractivity (Wildman–Crippen MR) is 132 cm³/mol. The maximum Gasteiger partial charge on any atom is 0.191 e. The molecular weight excluding hydrogens is 465 g/mol. The van der Waals surface area contributed by atoms with Crippen molar-refractivity contribution < 1.29 is 4.74 Å². The number of nitrogens with one attached hydrogen (secondary N) is 2. The number of hydrogen-bond acceptors (Lipinski definition) is 4. The second-order valence-electron chi connectivity index (χ2n) is 7.70. The Morgan fingerprint density at radius 3 is 2.25 bits per heavy atom. The van der Waals surface area contributed by atoms with Crippen molar-refractivity contribution in [2.75, 3.05) is 65.5 Å². The van der Waals surface area contributed by atoms with Gasteiger partial charge in [0.25, 0.3) is 0 Å². The monoisotopic (exact) mass is 511 g/mol. The minimum absolute atomic E-state index is 0. The molecule has 0 aromatic carbocycles. The van der Waals surface area contributed by atoms with Crippen molar-refractivity contribution in [3.63, 3.8) is 0 Å². The fraction of sp³-hybridized carbons (Fsp3) is 0.952. The van der Waals surface area contributed by atoms with Crippen LogP contribution in [0, 0.1) is 5.92 Å². The summed E-state index contributed by atoms with van der Waals surface area (Å²) in [6, 6.07) is 0. The first-order valence-electron chi connectivity index (χ1n) is 11.2. The van der Waals surface area contributed by atoms with E-state index in [1.54, 1.807) is 0 Å². The Kier molecular flexibility index (Phi) is 17.6. The lowest BCUT2D eigenvalue weighted by Crippen LogP contribution is -2.46. The van der Waals surface area contributed by atoms with Gasteiger partial charge in [-0.25, -0.2) is 0 Å². The highest BCUT2D eigenvalue weighted by atomic mass is 127. The first-order chi connectivity index (χ1) is 13.1. The highest BCUT2D eigenvalue weighted by Gasteiger charge is 2.15. The Hall–Kier alpha value is -0.120. The standard InChI is InChI=1S/C21H45N5O.HI/c1-6-22-21(24-13-11-20(19(4)5)27-8-3)23-12-9-10-14-26-17-15-25(7-2)16-18-26;/h19-20H,6-18H2,1-5H3,(H2,22,23,24);1H. The van der Waals surface area contributed by atoms with Crippen molar-refractivity contribution in [1.29, 1.82) is 0 Å². The number of likely N-dealkylation sites (N-methyl/N-ethyl adjacent to an activating group) is 1. The molecule has 1 unspecified atom stereocenters. The Balaban J connectivity index is 0.00000729. The maximum atomic E-state index is 5.82. The summed E-state index contributed by atoms with van der Waals surface area (Å²) in [5.74, 6) is 1.48. The topological polar surface area (TPSA) is 52.1 Å². The molecule has 0 radical (unpaired) electrons. The van der Waals surface area contributed by atoms with Crippen LogP contribution in [0.4, 0.5) is 0 Å². The van der Waals surface area contributed by atoms with Crippen molar-refractivity contribution >= 4 is 29.9 Å². The van der Waals surface area contributed by atoms with Gasteiger partial charge in [-0.05, 0) is 52.1 Å². The van der Waals surface area contributed by atoms with Gasteiger partial charge in [0.1, 0.15) is 0 Å². The molecule has 1 fully saturated rings. The van der Waals surface area contributed by atoms with Gasteiger partial charge in [-0.1, -0.05) is 20.8 Å². The molecule has 1 atom stereocenters. The quantitative estimate of drug-likeness (QED) is 0.172. The van der Waals surface area contributed by atoms with Crippen molar-refractivity contribution in [3.8, 4) is 0 Å². The molecule has 1 saturated heterocycles. The van der Waals surface area contributed by atoms with Crippen LogP contribution in [0.5, 0.6) is 0 Å². The zero-order valence-corrected chi connectivity index (χ0v) is 21.3. The fourth-order valence-electron chi connectivity index (χ4n) is 3.46. The van der Waals surface area contributed by atoms with Crippen LogP contribution in [-0.2, 0) is 4.74 Å². The predicted octanol–water partition coefficient (Wildman–Crippen LogP) is 3.03. The normalized spacial score (nSPS) is 17.4. The Labute approximate surface area is 191 Å². The van der Waals surface area contributed by atoms with Crippen LogP contribution in [-0.4, -0.2) is 87.4 Å². The Bertz CT molecular complexity index is 387. The summed E-state index contributed by atoms with van der Waals surface area (Å²) in [6.45, 7) is 21.6. The molecule has 6 nitrogen and oxygen atoms in total. The highest BCUT2D eigenvalue weighted by molar-refractivity contribution is 14.0. The number of guanidine groups is 1. The van der Waals surface area contributed by atoms with E-state index < -0.39 is 0 Å². The second kappa shape index (κ2) is 17.7. The minimum Gasteiger partial charge on any atom is -0.378 e. The van der Waals surface area contributed by atoms with Crippen molar-refractivity contribution in [3.05, 3.63) is 0 Å². The van der Waals surface area contributed by atoms with Crippen molar-refractivity contribution in [1.82, 2.24) is 20.4 Å². The minimum atomic E-state index is 0. The number of piperazine rings is 1. The molecule has 0 saturated carbocycles. The lowest BCUT2D eigenvalue weighted by atomic mass is 10.0. The van der Waals surface area contributed by atoms with E-state index in [0.717, 1.165) is 45.0 Å². The largest absolute Gasteiger partial charge is 0.378 e. The van der Waals surface area contributed by atoms with Crippen LogP contribution in [0.3, 0.4) is 0 Å². The van der Waals surface area contributed by atoms with Gasteiger partial charge in [0, 0.05) is 52.4 Å². The summed E-state index contributed by atoms with van der Waals surface area (Å²) in [7, 11) is 0. The number of halogens is 1. The number of unbranched alkanes of at least 4 members (excludes halogenated alkanes) is 1. The number of hydrogen-bond donors (Lipinski definition) is 2. The summed E-state index contributed by atoms with van der Waals surface area (Å²) in [6.07, 6.45) is 3.71. The van der Waals surface area contributed by atoms with Crippen molar-refractivity contribution in [2.24, 2.45) is 10.9 Å². The number of nitrogens with zero attached hydrogens (tertiary/aromatic N) is 3. The molecule has 0 amide bonds. The molecule has 0 aromatic heterocycles. The van der Waals surface area contributed by atoms with Gasteiger partial charge in [-0.2, -0.15) is 0 Å². The van der Waals surface area contributed by atoms with Gasteiger partial charge in [0.2, 0.25) is 0 Å². The third-order valence-electron chi connectivity index (χ3n) is 5.25. The molecule has 0 aliphatic carbocycles. The van der Waals surface area contributed by atoms with Crippen LogP contribution in [0.25, 0.3) is 0 Å². The van der Waals surface area contributed by atoms with Crippen LogP contribution in [0.2, 0.25) is 0 Å². The summed E-state index contributed by atoms with van der Waals surface area (Å²) in [5.41, 5.74) is 0. The summed E-state index contributed by atoms with van der Waals surface area (Å²) in [4.78, 5) is 9.86. The lowest BCUT2D eigenvalue weighted by Gasteiger charge is -2.33. The average Bonchev–Trinajstić information content (AvgIpc) is 2.67. The van der Waals surface area contributed by atoms with E-state index in [4.69, 9.17) is 9.73 Å². The molecule has 0 bridgehead atoms. The van der Waals surface area contributed by atoms with Crippen LogP contribution < -0.4 is 10.6 Å². The third-order valence-corrected chi connectivity index (χ3v) is 5.25. The molecule has 1 aliphatic rings. The van der Waals surface area contributed by atoms with Gasteiger partial charge >= 0.3 is 0 Å². The van der Waals surface area contributed by atoms with Crippen LogP contribution in [0.1, 0.15) is 53.9 Å². The third kappa shape index (κ3) is 12.4. The van der Waals surface area contributed by atoms with E-state index in [-0.39, 0.29) is 24.0 Å². The van der Waals surface area contributed by atoms with Gasteiger partial charge in [0.15, 0.2) is 5.96 Å². The van der Waals surface area contributed by atoms with E-state index in [2.05, 4.69) is 55.1 Å². The molecule has 0 spiro atoms. The number of ether oxygens (including phenoxy) is 1. The first kappa shape index (κ1) is 27.9. The first-order valence-corrected chi connectivity index (χ1v) is 11.2.